The minimum Gasteiger partial charge on any atom is -0.481 e. The third-order valence-corrected chi connectivity index (χ3v) is 2.38. The van der Waals surface area contributed by atoms with Crippen LogP contribution in [0.15, 0.2) is 18.3 Å². The fourth-order valence-electron chi connectivity index (χ4n) is 1.49. The topological polar surface area (TPSA) is 34.1 Å². The van der Waals surface area contributed by atoms with Crippen molar-refractivity contribution < 1.29 is 4.74 Å². The lowest BCUT2D eigenvalue weighted by molar-refractivity contribution is 0.398. The molecule has 0 amide bonds. The van der Waals surface area contributed by atoms with Gasteiger partial charge in [-0.3, -0.25) is 0 Å². The summed E-state index contributed by atoms with van der Waals surface area (Å²) in [6.07, 6.45) is 4.30. The quantitative estimate of drug-likeness (QED) is 0.780. The van der Waals surface area contributed by atoms with E-state index in [0.29, 0.717) is 11.8 Å². The number of rotatable bonds is 6. The van der Waals surface area contributed by atoms with Crippen molar-refractivity contribution in [2.75, 3.05) is 19.0 Å². The van der Waals surface area contributed by atoms with E-state index in [1.807, 2.05) is 12.1 Å². The summed E-state index contributed by atoms with van der Waals surface area (Å²) >= 11 is 0. The van der Waals surface area contributed by atoms with Gasteiger partial charge in [-0.2, -0.15) is 0 Å². The van der Waals surface area contributed by atoms with E-state index >= 15 is 0 Å². The van der Waals surface area contributed by atoms with E-state index in [4.69, 9.17) is 4.74 Å². The summed E-state index contributed by atoms with van der Waals surface area (Å²) in [6.45, 7) is 5.47. The average Bonchev–Trinajstić information content (AvgIpc) is 2.27. The third kappa shape index (κ3) is 4.19. The zero-order chi connectivity index (χ0) is 11.1. The normalized spacial score (nSPS) is 12.2. The molecule has 1 unspecified atom stereocenters. The Morgan fingerprint density at radius 1 is 1.47 bits per heavy atom. The number of hydrogen-bond donors (Lipinski definition) is 1. The first kappa shape index (κ1) is 11.8. The van der Waals surface area contributed by atoms with Crippen LogP contribution in [0.2, 0.25) is 0 Å². The van der Waals surface area contributed by atoms with Gasteiger partial charge in [0.15, 0.2) is 0 Å². The number of pyridine rings is 1. The molecule has 1 atom stereocenters. The molecule has 0 saturated carbocycles. The largest absolute Gasteiger partial charge is 0.481 e. The summed E-state index contributed by atoms with van der Waals surface area (Å²) in [4.78, 5) is 4.14. The van der Waals surface area contributed by atoms with Crippen molar-refractivity contribution in [3.05, 3.63) is 18.3 Å². The molecule has 1 N–H and O–H groups in total. The molecular formula is C12H20N2O. The van der Waals surface area contributed by atoms with Gasteiger partial charge in [0, 0.05) is 12.6 Å². The van der Waals surface area contributed by atoms with E-state index in [0.717, 1.165) is 12.2 Å². The van der Waals surface area contributed by atoms with Crippen LogP contribution in [0.4, 0.5) is 5.69 Å². The van der Waals surface area contributed by atoms with E-state index in [-0.39, 0.29) is 0 Å². The molecule has 0 aliphatic rings. The molecule has 0 saturated heterocycles. The van der Waals surface area contributed by atoms with Crippen molar-refractivity contribution in [1.29, 1.82) is 0 Å². The lowest BCUT2D eigenvalue weighted by Crippen LogP contribution is -2.11. The highest BCUT2D eigenvalue weighted by Gasteiger charge is 2.00. The van der Waals surface area contributed by atoms with Crippen LogP contribution >= 0.6 is 0 Å². The van der Waals surface area contributed by atoms with Gasteiger partial charge in [-0.25, -0.2) is 4.98 Å². The first-order chi connectivity index (χ1) is 7.26. The van der Waals surface area contributed by atoms with Crippen LogP contribution in [0.5, 0.6) is 5.88 Å². The fraction of sp³-hybridized carbons (Fsp3) is 0.583. The monoisotopic (exact) mass is 208 g/mol. The van der Waals surface area contributed by atoms with Crippen LogP contribution in [0.3, 0.4) is 0 Å². The molecule has 0 aliphatic heterocycles. The van der Waals surface area contributed by atoms with Crippen LogP contribution in [0, 0.1) is 5.92 Å². The van der Waals surface area contributed by atoms with Crippen LogP contribution in [0.25, 0.3) is 0 Å². The molecule has 3 heteroatoms. The van der Waals surface area contributed by atoms with E-state index in [1.165, 1.54) is 12.8 Å². The lowest BCUT2D eigenvalue weighted by Gasteiger charge is -2.12. The number of nitrogens with one attached hydrogen (secondary N) is 1. The SMILES string of the molecule is CCCC(C)CNc1ccc(OC)nc1. The molecule has 0 radical (unpaired) electrons. The molecular weight excluding hydrogens is 188 g/mol. The van der Waals surface area contributed by atoms with E-state index in [2.05, 4.69) is 24.1 Å². The Balaban J connectivity index is 2.37. The van der Waals surface area contributed by atoms with E-state index < -0.39 is 0 Å². The van der Waals surface area contributed by atoms with Gasteiger partial charge in [-0.1, -0.05) is 20.3 Å². The second kappa shape index (κ2) is 6.27. The van der Waals surface area contributed by atoms with Crippen LogP contribution < -0.4 is 10.1 Å². The summed E-state index contributed by atoms with van der Waals surface area (Å²) in [6, 6.07) is 3.86. The van der Waals surface area contributed by atoms with Crippen molar-refractivity contribution in [2.45, 2.75) is 26.7 Å². The summed E-state index contributed by atoms with van der Waals surface area (Å²) < 4.78 is 4.99. The second-order valence-corrected chi connectivity index (χ2v) is 3.86. The zero-order valence-corrected chi connectivity index (χ0v) is 9.79. The maximum atomic E-state index is 4.99. The fourth-order valence-corrected chi connectivity index (χ4v) is 1.49. The summed E-state index contributed by atoms with van der Waals surface area (Å²) in [5.41, 5.74) is 1.05. The summed E-state index contributed by atoms with van der Waals surface area (Å²) in [7, 11) is 1.62. The van der Waals surface area contributed by atoms with Gasteiger partial charge in [-0.05, 0) is 18.4 Å². The maximum Gasteiger partial charge on any atom is 0.213 e. The molecule has 0 bridgehead atoms. The smallest absolute Gasteiger partial charge is 0.213 e. The van der Waals surface area contributed by atoms with E-state index in [1.54, 1.807) is 13.3 Å². The Morgan fingerprint density at radius 2 is 2.27 bits per heavy atom. The molecule has 0 aliphatic carbocycles. The Hall–Kier alpha value is -1.25. The minimum atomic E-state index is 0.655. The van der Waals surface area contributed by atoms with Crippen molar-refractivity contribution >= 4 is 5.69 Å². The van der Waals surface area contributed by atoms with Gasteiger partial charge in [0.1, 0.15) is 0 Å². The third-order valence-electron chi connectivity index (χ3n) is 2.38. The van der Waals surface area contributed by atoms with E-state index in [9.17, 15) is 0 Å². The van der Waals surface area contributed by atoms with Crippen molar-refractivity contribution in [1.82, 2.24) is 4.98 Å². The number of ether oxygens (including phenoxy) is 1. The number of hydrogen-bond acceptors (Lipinski definition) is 3. The van der Waals surface area contributed by atoms with Crippen molar-refractivity contribution in [3.8, 4) is 5.88 Å². The molecule has 0 aromatic carbocycles. The van der Waals surface area contributed by atoms with Crippen LogP contribution in [0.1, 0.15) is 26.7 Å². The molecule has 1 rings (SSSR count). The van der Waals surface area contributed by atoms with Crippen molar-refractivity contribution in [3.63, 3.8) is 0 Å². The first-order valence-electron chi connectivity index (χ1n) is 5.50. The van der Waals surface area contributed by atoms with Gasteiger partial charge in [0.05, 0.1) is 19.0 Å². The molecule has 0 spiro atoms. The number of methoxy groups -OCH3 is 1. The highest BCUT2D eigenvalue weighted by molar-refractivity contribution is 5.41. The molecule has 3 nitrogen and oxygen atoms in total. The van der Waals surface area contributed by atoms with Gasteiger partial charge >= 0.3 is 0 Å². The molecule has 1 heterocycles. The highest BCUT2D eigenvalue weighted by atomic mass is 16.5. The van der Waals surface area contributed by atoms with Gasteiger partial charge < -0.3 is 10.1 Å². The molecule has 15 heavy (non-hydrogen) atoms. The zero-order valence-electron chi connectivity index (χ0n) is 9.79. The summed E-state index contributed by atoms with van der Waals surface area (Å²) in [5.74, 6) is 1.36. The van der Waals surface area contributed by atoms with Gasteiger partial charge in [-0.15, -0.1) is 0 Å². The van der Waals surface area contributed by atoms with Gasteiger partial charge in [0.25, 0.3) is 0 Å². The Bertz CT molecular complexity index is 271. The maximum absolute atomic E-state index is 4.99. The molecule has 0 fully saturated rings. The number of aromatic nitrogens is 1. The predicted molar refractivity (Wildman–Crippen MR) is 63.4 cm³/mol. The first-order valence-corrected chi connectivity index (χ1v) is 5.50. The second-order valence-electron chi connectivity index (χ2n) is 3.86. The van der Waals surface area contributed by atoms with Gasteiger partial charge in [0.2, 0.25) is 5.88 Å². The standard InChI is InChI=1S/C12H20N2O/c1-4-5-10(2)8-13-11-6-7-12(15-3)14-9-11/h6-7,9-10,13H,4-5,8H2,1-3H3. The minimum absolute atomic E-state index is 0.655. The Morgan fingerprint density at radius 3 is 2.80 bits per heavy atom. The van der Waals surface area contributed by atoms with Crippen LogP contribution in [-0.4, -0.2) is 18.6 Å². The highest BCUT2D eigenvalue weighted by Crippen LogP contribution is 2.12. The predicted octanol–water partition coefficient (Wildman–Crippen LogP) is 2.94. The van der Waals surface area contributed by atoms with Crippen LogP contribution in [-0.2, 0) is 0 Å². The Labute approximate surface area is 91.9 Å². The molecule has 1 aromatic rings. The summed E-state index contributed by atoms with van der Waals surface area (Å²) in [5, 5.41) is 3.36. The molecule has 1 aromatic heterocycles. The lowest BCUT2D eigenvalue weighted by atomic mass is 10.1. The average molecular weight is 208 g/mol. The molecule has 84 valence electrons. The number of nitrogens with zero attached hydrogens (tertiary/aromatic N) is 1. The van der Waals surface area contributed by atoms with Crippen molar-refractivity contribution in [2.24, 2.45) is 5.92 Å². The Kier molecular flexibility index (Phi) is 4.95. The number of anilines is 1.